The van der Waals surface area contributed by atoms with E-state index in [9.17, 15) is 4.79 Å². The Kier molecular flexibility index (Phi) is 2.91. The highest BCUT2D eigenvalue weighted by molar-refractivity contribution is 6.83. The molecule has 1 heterocycles. The summed E-state index contributed by atoms with van der Waals surface area (Å²) in [5.74, 6) is 3.16. The van der Waals surface area contributed by atoms with Crippen LogP contribution < -0.4 is 5.56 Å². The first-order valence-corrected chi connectivity index (χ1v) is 9.10. The second kappa shape index (κ2) is 4.23. The molecule has 2 nitrogen and oxygen atoms in total. The van der Waals surface area contributed by atoms with E-state index in [0.29, 0.717) is 5.39 Å². The molecule has 2 rings (SSSR count). The molecule has 1 N–H and O–H groups in total. The Morgan fingerprint density at radius 3 is 2.65 bits per heavy atom. The average Bonchev–Trinajstić information content (AvgIpc) is 2.26. The van der Waals surface area contributed by atoms with Crippen LogP contribution in [0.3, 0.4) is 0 Å². The van der Waals surface area contributed by atoms with Crippen LogP contribution >= 0.6 is 0 Å². The van der Waals surface area contributed by atoms with Crippen LogP contribution in [0.2, 0.25) is 19.6 Å². The van der Waals surface area contributed by atoms with Crippen LogP contribution in [0.1, 0.15) is 5.56 Å². The number of nitrogens with one attached hydrogen (secondary N) is 1. The molecule has 17 heavy (non-hydrogen) atoms. The highest BCUT2D eigenvalue weighted by Crippen LogP contribution is 2.11. The maximum absolute atomic E-state index is 11.6. The Hall–Kier alpha value is -1.79. The zero-order chi connectivity index (χ0) is 12.5. The summed E-state index contributed by atoms with van der Waals surface area (Å²) >= 11 is 0. The summed E-state index contributed by atoms with van der Waals surface area (Å²) in [7, 11) is -1.37. The summed E-state index contributed by atoms with van der Waals surface area (Å²) in [5, 5.41) is 1.65. The highest BCUT2D eigenvalue weighted by Gasteiger charge is 2.07. The van der Waals surface area contributed by atoms with Crippen molar-refractivity contribution in [1.82, 2.24) is 4.98 Å². The minimum Gasteiger partial charge on any atom is -0.329 e. The van der Waals surface area contributed by atoms with Gasteiger partial charge in [0.05, 0.1) is 0 Å². The maximum Gasteiger partial charge on any atom is 0.255 e. The average molecular weight is 241 g/mol. The van der Waals surface area contributed by atoms with Crippen molar-refractivity contribution < 1.29 is 0 Å². The first-order chi connectivity index (χ1) is 7.96. The lowest BCUT2D eigenvalue weighted by molar-refractivity contribution is 1.28. The van der Waals surface area contributed by atoms with E-state index >= 15 is 0 Å². The van der Waals surface area contributed by atoms with Crippen molar-refractivity contribution >= 4 is 18.8 Å². The maximum atomic E-state index is 11.6. The number of benzene rings is 1. The minimum atomic E-state index is -1.37. The molecule has 0 saturated heterocycles. The Labute approximate surface area is 102 Å². The third-order valence-corrected chi connectivity index (χ3v) is 3.23. The van der Waals surface area contributed by atoms with E-state index in [0.717, 1.165) is 10.9 Å². The first kappa shape index (κ1) is 11.7. The van der Waals surface area contributed by atoms with Crippen molar-refractivity contribution in [2.75, 3.05) is 0 Å². The summed E-state index contributed by atoms with van der Waals surface area (Å²) in [6, 6.07) is 7.67. The zero-order valence-corrected chi connectivity index (χ0v) is 11.3. The molecule has 1 aromatic heterocycles. The molecule has 0 amide bonds. The van der Waals surface area contributed by atoms with Crippen LogP contribution in [-0.2, 0) is 0 Å². The fourth-order valence-corrected chi connectivity index (χ4v) is 2.04. The molecule has 0 aliphatic rings. The van der Waals surface area contributed by atoms with E-state index in [4.69, 9.17) is 0 Å². The Bertz CT molecular complexity index is 668. The van der Waals surface area contributed by atoms with Crippen molar-refractivity contribution in [2.45, 2.75) is 19.6 Å². The molecule has 0 spiro atoms. The fourth-order valence-electron chi connectivity index (χ4n) is 1.52. The van der Waals surface area contributed by atoms with Gasteiger partial charge in [-0.2, -0.15) is 0 Å². The molecule has 3 heteroatoms. The molecule has 2 aromatic rings. The fraction of sp³-hybridized carbons (Fsp3) is 0.214. The standard InChI is InChI=1S/C14H15NOSi/c1-17(2,3)9-7-11-4-5-12-6-8-15-14(16)13(12)10-11/h4-6,8,10H,1-3H3,(H,15,16). The molecule has 0 unspecified atom stereocenters. The van der Waals surface area contributed by atoms with Gasteiger partial charge in [-0.3, -0.25) is 4.79 Å². The van der Waals surface area contributed by atoms with Gasteiger partial charge in [0.15, 0.2) is 0 Å². The molecule has 0 aliphatic carbocycles. The number of fused-ring (bicyclic) bond motifs is 1. The van der Waals surface area contributed by atoms with E-state index in [-0.39, 0.29) is 5.56 Å². The second-order valence-corrected chi connectivity index (χ2v) is 9.86. The summed E-state index contributed by atoms with van der Waals surface area (Å²) in [6.45, 7) is 6.61. The molecule has 0 bridgehead atoms. The first-order valence-electron chi connectivity index (χ1n) is 5.60. The van der Waals surface area contributed by atoms with Gasteiger partial charge in [-0.1, -0.05) is 31.6 Å². The van der Waals surface area contributed by atoms with E-state index in [2.05, 4.69) is 36.1 Å². The number of aromatic amines is 1. The third kappa shape index (κ3) is 2.86. The molecule has 0 radical (unpaired) electrons. The Morgan fingerprint density at radius 1 is 1.18 bits per heavy atom. The zero-order valence-electron chi connectivity index (χ0n) is 10.3. The van der Waals surface area contributed by atoms with Crippen molar-refractivity contribution in [3.63, 3.8) is 0 Å². The number of hydrogen-bond donors (Lipinski definition) is 1. The van der Waals surface area contributed by atoms with Crippen LogP contribution in [0.15, 0.2) is 35.3 Å². The molecule has 86 valence electrons. The van der Waals surface area contributed by atoms with Crippen LogP contribution in [0.5, 0.6) is 0 Å². The summed E-state index contributed by atoms with van der Waals surface area (Å²) in [4.78, 5) is 14.3. The van der Waals surface area contributed by atoms with Gasteiger partial charge in [0.2, 0.25) is 0 Å². The van der Waals surface area contributed by atoms with E-state index in [1.54, 1.807) is 6.20 Å². The van der Waals surface area contributed by atoms with Crippen molar-refractivity contribution in [1.29, 1.82) is 0 Å². The Balaban J connectivity index is 2.55. The van der Waals surface area contributed by atoms with E-state index < -0.39 is 8.07 Å². The van der Waals surface area contributed by atoms with Gasteiger partial charge in [0.1, 0.15) is 8.07 Å². The molecule has 0 fully saturated rings. The highest BCUT2D eigenvalue weighted by atomic mass is 28.3. The van der Waals surface area contributed by atoms with Crippen molar-refractivity contribution in [3.8, 4) is 11.5 Å². The monoisotopic (exact) mass is 241 g/mol. The lowest BCUT2D eigenvalue weighted by atomic mass is 10.1. The summed E-state index contributed by atoms with van der Waals surface area (Å²) < 4.78 is 0. The largest absolute Gasteiger partial charge is 0.329 e. The normalized spacial score (nSPS) is 11.0. The topological polar surface area (TPSA) is 32.9 Å². The molecule has 1 aromatic carbocycles. The number of pyridine rings is 1. The van der Waals surface area contributed by atoms with Gasteiger partial charge < -0.3 is 4.98 Å². The van der Waals surface area contributed by atoms with Crippen LogP contribution in [0.25, 0.3) is 10.8 Å². The van der Waals surface area contributed by atoms with Crippen LogP contribution in [0, 0.1) is 11.5 Å². The SMILES string of the molecule is C[Si](C)(C)C#Cc1ccc2cc[nH]c(=O)c2c1. The number of H-pyrrole nitrogens is 1. The van der Waals surface area contributed by atoms with E-state index in [1.165, 1.54) is 0 Å². The van der Waals surface area contributed by atoms with Gasteiger partial charge in [-0.05, 0) is 23.6 Å². The molecular weight excluding hydrogens is 226 g/mol. The Morgan fingerprint density at radius 2 is 1.94 bits per heavy atom. The molecule has 0 aliphatic heterocycles. The third-order valence-electron chi connectivity index (χ3n) is 2.36. The summed E-state index contributed by atoms with van der Waals surface area (Å²) in [6.07, 6.45) is 1.66. The van der Waals surface area contributed by atoms with Gasteiger partial charge in [0.25, 0.3) is 5.56 Å². The molecule has 0 atom stereocenters. The van der Waals surface area contributed by atoms with Gasteiger partial charge in [0, 0.05) is 17.1 Å². The predicted molar refractivity (Wildman–Crippen MR) is 74.8 cm³/mol. The molecule has 0 saturated carbocycles. The van der Waals surface area contributed by atoms with Crippen LogP contribution in [-0.4, -0.2) is 13.1 Å². The quantitative estimate of drug-likeness (QED) is 0.558. The van der Waals surface area contributed by atoms with Gasteiger partial charge >= 0.3 is 0 Å². The smallest absolute Gasteiger partial charge is 0.255 e. The van der Waals surface area contributed by atoms with Crippen LogP contribution in [0.4, 0.5) is 0 Å². The van der Waals surface area contributed by atoms with Crippen molar-refractivity contribution in [3.05, 3.63) is 46.4 Å². The van der Waals surface area contributed by atoms with E-state index in [1.807, 2.05) is 24.3 Å². The lowest BCUT2D eigenvalue weighted by Gasteiger charge is -2.03. The van der Waals surface area contributed by atoms with Gasteiger partial charge in [-0.25, -0.2) is 0 Å². The number of rotatable bonds is 0. The number of aromatic nitrogens is 1. The number of hydrogen-bond acceptors (Lipinski definition) is 1. The van der Waals surface area contributed by atoms with Gasteiger partial charge in [-0.15, -0.1) is 5.54 Å². The second-order valence-electron chi connectivity index (χ2n) is 5.11. The predicted octanol–water partition coefficient (Wildman–Crippen LogP) is 2.76. The lowest BCUT2D eigenvalue weighted by Crippen LogP contribution is -2.16. The summed E-state index contributed by atoms with van der Waals surface area (Å²) in [5.41, 5.74) is 4.16. The minimum absolute atomic E-state index is 0.0563. The van der Waals surface area contributed by atoms with Crippen molar-refractivity contribution in [2.24, 2.45) is 0 Å². The molecular formula is C14H15NOSi.